The van der Waals surface area contributed by atoms with Gasteiger partial charge in [0.2, 0.25) is 0 Å². The van der Waals surface area contributed by atoms with Gasteiger partial charge in [-0.05, 0) is 42.7 Å². The predicted molar refractivity (Wildman–Crippen MR) is 58.1 cm³/mol. The highest BCUT2D eigenvalue weighted by atomic mass is 32.2. The van der Waals surface area contributed by atoms with E-state index < -0.39 is 0 Å². The Morgan fingerprint density at radius 1 is 1.46 bits per heavy atom. The van der Waals surface area contributed by atoms with Crippen LogP contribution in [0.4, 0.5) is 0 Å². The van der Waals surface area contributed by atoms with Gasteiger partial charge < -0.3 is 5.73 Å². The minimum Gasteiger partial charge on any atom is -0.324 e. The van der Waals surface area contributed by atoms with Crippen LogP contribution in [0.3, 0.4) is 0 Å². The van der Waals surface area contributed by atoms with Crippen LogP contribution in [0.15, 0.2) is 23.1 Å². The smallest absolute Gasteiger partial charge is 0.0308 e. The van der Waals surface area contributed by atoms with Crippen LogP contribution in [-0.2, 0) is 0 Å². The van der Waals surface area contributed by atoms with Crippen molar-refractivity contribution in [1.82, 2.24) is 0 Å². The molecule has 1 unspecified atom stereocenters. The maximum atomic E-state index is 6.13. The molecule has 0 saturated heterocycles. The quantitative estimate of drug-likeness (QED) is 0.685. The van der Waals surface area contributed by atoms with Gasteiger partial charge in [0.25, 0.3) is 0 Å². The number of aryl methyl sites for hydroxylation is 1. The Hall–Kier alpha value is -0.470. The second-order valence-corrected chi connectivity index (χ2v) is 4.72. The van der Waals surface area contributed by atoms with E-state index in [-0.39, 0.29) is 6.04 Å². The summed E-state index contributed by atoms with van der Waals surface area (Å²) in [5.74, 6) is 1.21. The summed E-state index contributed by atoms with van der Waals surface area (Å²) < 4.78 is 0. The van der Waals surface area contributed by atoms with Gasteiger partial charge in [0.05, 0.1) is 0 Å². The predicted octanol–water partition coefficient (Wildman–Crippen LogP) is 2.88. The van der Waals surface area contributed by atoms with Gasteiger partial charge in [-0.15, -0.1) is 11.8 Å². The summed E-state index contributed by atoms with van der Waals surface area (Å²) in [5, 5.41) is 0. The van der Waals surface area contributed by atoms with Gasteiger partial charge in [-0.25, -0.2) is 0 Å². The number of fused-ring (bicyclic) bond motifs is 1. The highest BCUT2D eigenvalue weighted by Crippen LogP contribution is 2.35. The van der Waals surface area contributed by atoms with Crippen LogP contribution < -0.4 is 5.73 Å². The zero-order valence-corrected chi connectivity index (χ0v) is 8.73. The zero-order valence-electron chi connectivity index (χ0n) is 7.92. The molecule has 1 aliphatic heterocycles. The molecule has 0 bridgehead atoms. The van der Waals surface area contributed by atoms with Gasteiger partial charge in [0.15, 0.2) is 0 Å². The van der Waals surface area contributed by atoms with Gasteiger partial charge in [0, 0.05) is 10.9 Å². The van der Waals surface area contributed by atoms with Crippen molar-refractivity contribution in [3.05, 3.63) is 29.3 Å². The van der Waals surface area contributed by atoms with E-state index >= 15 is 0 Å². The van der Waals surface area contributed by atoms with Crippen molar-refractivity contribution in [2.24, 2.45) is 5.73 Å². The minimum atomic E-state index is 0.256. The summed E-state index contributed by atoms with van der Waals surface area (Å²) in [6.07, 6.45) is 2.37. The molecular formula is C11H15NS. The van der Waals surface area contributed by atoms with E-state index in [1.165, 1.54) is 28.2 Å². The zero-order chi connectivity index (χ0) is 9.26. The first-order chi connectivity index (χ1) is 6.29. The Balaban J connectivity index is 2.48. The lowest BCUT2D eigenvalue weighted by Crippen LogP contribution is -2.11. The van der Waals surface area contributed by atoms with Crippen molar-refractivity contribution in [2.45, 2.75) is 30.7 Å². The molecular weight excluding hydrogens is 178 g/mol. The third kappa shape index (κ3) is 1.74. The van der Waals surface area contributed by atoms with Crippen LogP contribution in [0.1, 0.15) is 30.0 Å². The molecule has 1 aromatic rings. The van der Waals surface area contributed by atoms with Crippen LogP contribution >= 0.6 is 11.8 Å². The summed E-state index contributed by atoms with van der Waals surface area (Å²) in [4.78, 5) is 1.39. The van der Waals surface area contributed by atoms with Crippen molar-refractivity contribution in [1.29, 1.82) is 0 Å². The summed E-state index contributed by atoms with van der Waals surface area (Å²) in [5.41, 5.74) is 8.86. The van der Waals surface area contributed by atoms with Crippen molar-refractivity contribution < 1.29 is 0 Å². The minimum absolute atomic E-state index is 0.256. The third-order valence-electron chi connectivity index (χ3n) is 2.57. The first kappa shape index (κ1) is 9.10. The van der Waals surface area contributed by atoms with Gasteiger partial charge in [0.1, 0.15) is 0 Å². The molecule has 2 N–H and O–H groups in total. The fraction of sp³-hybridized carbons (Fsp3) is 0.455. The Morgan fingerprint density at radius 3 is 3.15 bits per heavy atom. The molecule has 1 heterocycles. The van der Waals surface area contributed by atoms with Crippen molar-refractivity contribution >= 4 is 11.8 Å². The Labute approximate surface area is 83.7 Å². The number of benzene rings is 1. The van der Waals surface area contributed by atoms with E-state index in [0.717, 1.165) is 6.42 Å². The molecule has 2 heteroatoms. The van der Waals surface area contributed by atoms with Crippen LogP contribution in [0.2, 0.25) is 0 Å². The molecule has 0 amide bonds. The average Bonchev–Trinajstić information content (AvgIpc) is 2.29. The lowest BCUT2D eigenvalue weighted by atomic mass is 9.99. The van der Waals surface area contributed by atoms with Crippen LogP contribution in [0.25, 0.3) is 0 Å². The molecule has 0 aliphatic carbocycles. The number of rotatable bonds is 0. The largest absolute Gasteiger partial charge is 0.324 e. The van der Waals surface area contributed by atoms with Gasteiger partial charge in [-0.2, -0.15) is 0 Å². The van der Waals surface area contributed by atoms with Gasteiger partial charge in [-0.3, -0.25) is 0 Å². The molecule has 13 heavy (non-hydrogen) atoms. The van der Waals surface area contributed by atoms with Crippen molar-refractivity contribution in [3.63, 3.8) is 0 Å². The summed E-state index contributed by atoms with van der Waals surface area (Å²) in [6.45, 7) is 2.16. The van der Waals surface area contributed by atoms with Crippen LogP contribution in [0.5, 0.6) is 0 Å². The Bertz CT molecular complexity index is 309. The SMILES string of the molecule is Cc1cccc2c1C(N)CCCS2. The molecule has 1 atom stereocenters. The molecule has 0 radical (unpaired) electrons. The van der Waals surface area contributed by atoms with E-state index in [4.69, 9.17) is 5.73 Å². The second kappa shape index (κ2) is 3.72. The molecule has 0 aromatic heterocycles. The molecule has 70 valence electrons. The fourth-order valence-electron chi connectivity index (χ4n) is 1.88. The van der Waals surface area contributed by atoms with Crippen molar-refractivity contribution in [2.75, 3.05) is 5.75 Å². The monoisotopic (exact) mass is 193 g/mol. The molecule has 2 rings (SSSR count). The van der Waals surface area contributed by atoms with Crippen LogP contribution in [-0.4, -0.2) is 5.75 Å². The summed E-state index contributed by atoms with van der Waals surface area (Å²) in [6, 6.07) is 6.73. The van der Waals surface area contributed by atoms with Crippen LogP contribution in [0, 0.1) is 6.92 Å². The molecule has 1 aliphatic rings. The summed E-state index contributed by atoms with van der Waals surface area (Å²) >= 11 is 1.95. The molecule has 0 saturated carbocycles. The normalized spacial score (nSPS) is 22.2. The van der Waals surface area contributed by atoms with E-state index in [1.54, 1.807) is 0 Å². The highest BCUT2D eigenvalue weighted by Gasteiger charge is 2.16. The lowest BCUT2D eigenvalue weighted by molar-refractivity contribution is 0.636. The first-order valence-corrected chi connectivity index (χ1v) is 5.75. The molecule has 0 fully saturated rings. The molecule has 1 aromatic carbocycles. The maximum Gasteiger partial charge on any atom is 0.0308 e. The van der Waals surface area contributed by atoms with E-state index in [1.807, 2.05) is 11.8 Å². The topological polar surface area (TPSA) is 26.0 Å². The van der Waals surface area contributed by atoms with Gasteiger partial charge in [-0.1, -0.05) is 12.1 Å². The molecule has 0 spiro atoms. The van der Waals surface area contributed by atoms with Gasteiger partial charge >= 0.3 is 0 Å². The third-order valence-corrected chi connectivity index (χ3v) is 3.73. The van der Waals surface area contributed by atoms with Crippen molar-refractivity contribution in [3.8, 4) is 0 Å². The number of nitrogens with two attached hydrogens (primary N) is 1. The number of hydrogen-bond acceptors (Lipinski definition) is 2. The summed E-state index contributed by atoms with van der Waals surface area (Å²) in [7, 11) is 0. The first-order valence-electron chi connectivity index (χ1n) is 4.77. The Morgan fingerprint density at radius 2 is 2.31 bits per heavy atom. The maximum absolute atomic E-state index is 6.13. The Kier molecular flexibility index (Phi) is 2.61. The number of hydrogen-bond donors (Lipinski definition) is 1. The number of thioether (sulfide) groups is 1. The molecule has 1 nitrogen and oxygen atoms in total. The second-order valence-electron chi connectivity index (χ2n) is 3.58. The fourth-order valence-corrected chi connectivity index (χ4v) is 3.06. The van der Waals surface area contributed by atoms with E-state index in [9.17, 15) is 0 Å². The van der Waals surface area contributed by atoms with E-state index in [0.29, 0.717) is 0 Å². The van der Waals surface area contributed by atoms with E-state index in [2.05, 4.69) is 25.1 Å². The highest BCUT2D eigenvalue weighted by molar-refractivity contribution is 7.99. The lowest BCUT2D eigenvalue weighted by Gasteiger charge is -2.14. The average molecular weight is 193 g/mol. The standard InChI is InChI=1S/C11H15NS/c1-8-4-2-6-10-11(8)9(12)5-3-7-13-10/h2,4,6,9H,3,5,7,12H2,1H3.